The maximum absolute atomic E-state index is 11.8. The van der Waals surface area contributed by atoms with Crippen molar-refractivity contribution < 1.29 is 0 Å². The number of aromatic amines is 1. The summed E-state index contributed by atoms with van der Waals surface area (Å²) in [5.41, 5.74) is 2.32. The van der Waals surface area contributed by atoms with Crippen molar-refractivity contribution in [3.63, 3.8) is 0 Å². The molecule has 1 aliphatic rings. The molecule has 140 valence electrons. The SMILES string of the molecule is O=c1[nH]ccc2cc(N[C@H]3CC[C@@H](NCc4ccc(Cl)cc4)CC3)ccc12. The number of halogens is 1. The van der Waals surface area contributed by atoms with Crippen molar-refractivity contribution in [1.29, 1.82) is 0 Å². The summed E-state index contributed by atoms with van der Waals surface area (Å²) in [6, 6.07) is 17.0. The Morgan fingerprint density at radius 2 is 1.70 bits per heavy atom. The number of rotatable bonds is 5. The molecule has 27 heavy (non-hydrogen) atoms. The molecule has 5 heteroatoms. The lowest BCUT2D eigenvalue weighted by atomic mass is 9.90. The molecule has 1 fully saturated rings. The molecule has 4 rings (SSSR count). The second-order valence-corrected chi connectivity index (χ2v) is 7.75. The van der Waals surface area contributed by atoms with Crippen LogP contribution in [-0.2, 0) is 6.54 Å². The molecule has 0 spiro atoms. The van der Waals surface area contributed by atoms with E-state index < -0.39 is 0 Å². The fourth-order valence-corrected chi connectivity index (χ4v) is 3.95. The lowest BCUT2D eigenvalue weighted by molar-refractivity contribution is 0.353. The van der Waals surface area contributed by atoms with E-state index in [1.807, 2.05) is 30.3 Å². The number of hydrogen-bond acceptors (Lipinski definition) is 3. The van der Waals surface area contributed by atoms with E-state index in [-0.39, 0.29) is 5.56 Å². The van der Waals surface area contributed by atoms with Crippen LogP contribution in [0.1, 0.15) is 31.2 Å². The molecule has 1 aliphatic carbocycles. The standard InChI is InChI=1S/C22H24ClN3O/c23-17-3-1-15(2-4-17)14-25-18-5-7-19(8-6-18)26-20-9-10-21-16(13-20)11-12-24-22(21)27/h1-4,9-13,18-19,25-26H,5-8,14H2,(H,24,27)/t18-,19+. The Hall–Kier alpha value is -2.30. The van der Waals surface area contributed by atoms with E-state index in [0.29, 0.717) is 12.1 Å². The van der Waals surface area contributed by atoms with Gasteiger partial charge < -0.3 is 15.6 Å². The van der Waals surface area contributed by atoms with E-state index >= 15 is 0 Å². The van der Waals surface area contributed by atoms with Crippen LogP contribution in [-0.4, -0.2) is 17.1 Å². The quantitative estimate of drug-likeness (QED) is 0.600. The van der Waals surface area contributed by atoms with Crippen molar-refractivity contribution >= 4 is 28.1 Å². The molecule has 0 aliphatic heterocycles. The highest BCUT2D eigenvalue weighted by Crippen LogP contribution is 2.24. The zero-order chi connectivity index (χ0) is 18.6. The number of hydrogen-bond donors (Lipinski definition) is 3. The molecule has 0 unspecified atom stereocenters. The summed E-state index contributed by atoms with van der Waals surface area (Å²) in [5.74, 6) is 0. The van der Waals surface area contributed by atoms with E-state index in [4.69, 9.17) is 11.6 Å². The van der Waals surface area contributed by atoms with Crippen LogP contribution in [0.3, 0.4) is 0 Å². The molecule has 0 amide bonds. The van der Waals surface area contributed by atoms with Gasteiger partial charge in [-0.3, -0.25) is 4.79 Å². The first-order valence-electron chi connectivity index (χ1n) is 9.53. The smallest absolute Gasteiger partial charge is 0.255 e. The van der Waals surface area contributed by atoms with Crippen LogP contribution >= 0.6 is 11.6 Å². The van der Waals surface area contributed by atoms with Crippen LogP contribution in [0.5, 0.6) is 0 Å². The zero-order valence-corrected chi connectivity index (χ0v) is 15.9. The number of aromatic nitrogens is 1. The number of pyridine rings is 1. The molecule has 1 aromatic heterocycles. The Kier molecular flexibility index (Phi) is 5.46. The van der Waals surface area contributed by atoms with E-state index in [2.05, 4.69) is 33.8 Å². The van der Waals surface area contributed by atoms with E-state index in [1.165, 1.54) is 18.4 Å². The highest BCUT2D eigenvalue weighted by molar-refractivity contribution is 6.30. The van der Waals surface area contributed by atoms with Crippen molar-refractivity contribution in [2.45, 2.75) is 44.3 Å². The van der Waals surface area contributed by atoms with Crippen molar-refractivity contribution in [3.05, 3.63) is 75.7 Å². The van der Waals surface area contributed by atoms with Gasteiger partial charge in [-0.2, -0.15) is 0 Å². The molecule has 4 nitrogen and oxygen atoms in total. The first-order valence-corrected chi connectivity index (χ1v) is 9.91. The van der Waals surface area contributed by atoms with Crippen molar-refractivity contribution in [2.24, 2.45) is 0 Å². The van der Waals surface area contributed by atoms with Gasteiger partial charge >= 0.3 is 0 Å². The third-order valence-electron chi connectivity index (χ3n) is 5.38. The van der Waals surface area contributed by atoms with Crippen LogP contribution in [0.2, 0.25) is 5.02 Å². The van der Waals surface area contributed by atoms with Crippen molar-refractivity contribution in [3.8, 4) is 0 Å². The third kappa shape index (κ3) is 4.52. The summed E-state index contributed by atoms with van der Waals surface area (Å²) in [5, 5.41) is 9.79. The molecule has 1 saturated carbocycles. The minimum absolute atomic E-state index is 0.0358. The predicted molar refractivity (Wildman–Crippen MR) is 113 cm³/mol. The molecule has 3 aromatic rings. The lowest BCUT2D eigenvalue weighted by Crippen LogP contribution is -2.36. The van der Waals surface area contributed by atoms with Crippen molar-refractivity contribution in [1.82, 2.24) is 10.3 Å². The van der Waals surface area contributed by atoms with Crippen LogP contribution in [0.4, 0.5) is 5.69 Å². The zero-order valence-electron chi connectivity index (χ0n) is 15.2. The van der Waals surface area contributed by atoms with Crippen LogP contribution in [0.25, 0.3) is 10.8 Å². The molecule has 3 N–H and O–H groups in total. The Morgan fingerprint density at radius 1 is 0.963 bits per heavy atom. The average Bonchev–Trinajstić information content (AvgIpc) is 2.69. The summed E-state index contributed by atoms with van der Waals surface area (Å²) >= 11 is 5.94. The van der Waals surface area contributed by atoms with Gasteiger partial charge in [0.25, 0.3) is 5.56 Å². The first-order chi connectivity index (χ1) is 13.2. The Labute approximate surface area is 164 Å². The molecule has 0 radical (unpaired) electrons. The van der Waals surface area contributed by atoms with Crippen molar-refractivity contribution in [2.75, 3.05) is 5.32 Å². The van der Waals surface area contributed by atoms with E-state index in [9.17, 15) is 4.79 Å². The predicted octanol–water partition coefficient (Wildman–Crippen LogP) is 4.69. The molecule has 1 heterocycles. The molecule has 2 aromatic carbocycles. The van der Waals surface area contributed by atoms with Gasteiger partial charge in [-0.05, 0) is 73.0 Å². The molecule has 0 atom stereocenters. The largest absolute Gasteiger partial charge is 0.382 e. The normalized spacial score (nSPS) is 19.9. The fourth-order valence-electron chi connectivity index (χ4n) is 3.82. The van der Waals surface area contributed by atoms with E-state index in [0.717, 1.165) is 40.9 Å². The Bertz CT molecular complexity index is 959. The highest BCUT2D eigenvalue weighted by atomic mass is 35.5. The summed E-state index contributed by atoms with van der Waals surface area (Å²) in [7, 11) is 0. The summed E-state index contributed by atoms with van der Waals surface area (Å²) < 4.78 is 0. The van der Waals surface area contributed by atoms with Gasteiger partial charge in [-0.1, -0.05) is 23.7 Å². The third-order valence-corrected chi connectivity index (χ3v) is 5.63. The van der Waals surface area contributed by atoms with Gasteiger partial charge in [0, 0.05) is 40.9 Å². The van der Waals surface area contributed by atoms with Crippen LogP contribution in [0.15, 0.2) is 59.5 Å². The monoisotopic (exact) mass is 381 g/mol. The van der Waals surface area contributed by atoms with Gasteiger partial charge in [0.05, 0.1) is 0 Å². The maximum Gasteiger partial charge on any atom is 0.255 e. The average molecular weight is 382 g/mol. The van der Waals surface area contributed by atoms with Gasteiger partial charge in [-0.25, -0.2) is 0 Å². The van der Waals surface area contributed by atoms with Crippen LogP contribution < -0.4 is 16.2 Å². The number of fused-ring (bicyclic) bond motifs is 1. The second kappa shape index (κ2) is 8.15. The minimum atomic E-state index is -0.0358. The van der Waals surface area contributed by atoms with E-state index in [1.54, 1.807) is 6.20 Å². The second-order valence-electron chi connectivity index (χ2n) is 7.31. The fraction of sp³-hybridized carbons (Fsp3) is 0.318. The van der Waals surface area contributed by atoms with Gasteiger partial charge in [0.1, 0.15) is 0 Å². The van der Waals surface area contributed by atoms with Gasteiger partial charge in [0.15, 0.2) is 0 Å². The summed E-state index contributed by atoms with van der Waals surface area (Å²) in [6.45, 7) is 0.888. The molecular weight excluding hydrogens is 358 g/mol. The molecular formula is C22H24ClN3O. The Balaban J connectivity index is 1.29. The van der Waals surface area contributed by atoms with Crippen LogP contribution in [0, 0.1) is 0 Å². The number of anilines is 1. The lowest BCUT2D eigenvalue weighted by Gasteiger charge is -2.30. The number of nitrogens with one attached hydrogen (secondary N) is 3. The summed E-state index contributed by atoms with van der Waals surface area (Å²) in [6.07, 6.45) is 6.32. The maximum atomic E-state index is 11.8. The van der Waals surface area contributed by atoms with Gasteiger partial charge in [0.2, 0.25) is 0 Å². The minimum Gasteiger partial charge on any atom is -0.382 e. The molecule has 0 bridgehead atoms. The topological polar surface area (TPSA) is 56.9 Å². The number of H-pyrrole nitrogens is 1. The molecule has 0 saturated heterocycles. The Morgan fingerprint density at radius 3 is 2.48 bits per heavy atom. The first kappa shape index (κ1) is 18.1. The van der Waals surface area contributed by atoms with Gasteiger partial charge in [-0.15, -0.1) is 0 Å². The number of benzene rings is 2. The summed E-state index contributed by atoms with van der Waals surface area (Å²) in [4.78, 5) is 14.5. The highest BCUT2D eigenvalue weighted by Gasteiger charge is 2.20.